The van der Waals surface area contributed by atoms with Crippen LogP contribution in [-0.2, 0) is 0 Å². The molecule has 5 rings (SSSR count). The fourth-order valence-corrected chi connectivity index (χ4v) is 5.63. The first-order chi connectivity index (χ1) is 16.6. The average Bonchev–Trinajstić information content (AvgIpc) is 3.61. The quantitative estimate of drug-likeness (QED) is 0.298. The predicted octanol–water partition coefficient (Wildman–Crippen LogP) is 5.55. The molecule has 0 aliphatic rings. The molecule has 0 spiro atoms. The number of carbonyl (C=O) groups is 2. The van der Waals surface area contributed by atoms with E-state index in [2.05, 4.69) is 20.5 Å². The number of anilines is 1. The van der Waals surface area contributed by atoms with Crippen molar-refractivity contribution in [3.63, 3.8) is 0 Å². The predicted molar refractivity (Wildman–Crippen MR) is 132 cm³/mol. The summed E-state index contributed by atoms with van der Waals surface area (Å²) in [5.74, 6) is -0.548. The number of hydrogen-bond donors (Lipinski definition) is 2. The van der Waals surface area contributed by atoms with Crippen molar-refractivity contribution < 1.29 is 14.7 Å². The standard InChI is InChI=1S/C23H15N5O3S3/c29-20(14-5-2-1-3-6-14)25-18-13-24-23(33-18)34-22-27-26-19(17-7-4-12-32-17)28(22)16-10-8-15(9-11-16)21(30)31/h1-13H,(H,25,29)(H,30,31). The smallest absolute Gasteiger partial charge is 0.335 e. The number of aromatic nitrogens is 4. The first-order valence-electron chi connectivity index (χ1n) is 9.91. The summed E-state index contributed by atoms with van der Waals surface area (Å²) in [6.45, 7) is 0. The molecule has 5 aromatic rings. The zero-order valence-corrected chi connectivity index (χ0v) is 19.7. The van der Waals surface area contributed by atoms with Crippen molar-refractivity contribution in [3.05, 3.63) is 89.4 Å². The number of nitrogens with zero attached hydrogens (tertiary/aromatic N) is 4. The maximum absolute atomic E-state index is 12.4. The van der Waals surface area contributed by atoms with Crippen LogP contribution in [0, 0.1) is 0 Å². The Hall–Kier alpha value is -3.80. The molecule has 3 aromatic heterocycles. The average molecular weight is 506 g/mol. The van der Waals surface area contributed by atoms with E-state index in [9.17, 15) is 14.7 Å². The number of hydrogen-bond acceptors (Lipinski definition) is 8. The largest absolute Gasteiger partial charge is 0.478 e. The summed E-state index contributed by atoms with van der Waals surface area (Å²) in [5, 5.41) is 24.0. The van der Waals surface area contributed by atoms with Gasteiger partial charge in [0, 0.05) is 11.3 Å². The number of carbonyl (C=O) groups excluding carboxylic acids is 1. The Morgan fingerprint density at radius 2 is 1.74 bits per heavy atom. The molecule has 2 N–H and O–H groups in total. The van der Waals surface area contributed by atoms with Crippen LogP contribution in [0.2, 0.25) is 0 Å². The van der Waals surface area contributed by atoms with Crippen molar-refractivity contribution >= 4 is 51.3 Å². The van der Waals surface area contributed by atoms with Crippen LogP contribution in [0.15, 0.2) is 87.8 Å². The third-order valence-electron chi connectivity index (χ3n) is 4.68. The van der Waals surface area contributed by atoms with Gasteiger partial charge < -0.3 is 10.4 Å². The van der Waals surface area contributed by atoms with Crippen molar-refractivity contribution in [1.82, 2.24) is 19.7 Å². The van der Waals surface area contributed by atoms with E-state index in [4.69, 9.17) is 0 Å². The molecule has 0 unspecified atom stereocenters. The van der Waals surface area contributed by atoms with Crippen molar-refractivity contribution in [1.29, 1.82) is 0 Å². The minimum Gasteiger partial charge on any atom is -0.478 e. The number of benzene rings is 2. The summed E-state index contributed by atoms with van der Waals surface area (Å²) in [4.78, 5) is 29.0. The van der Waals surface area contributed by atoms with Crippen molar-refractivity contribution in [2.45, 2.75) is 9.50 Å². The van der Waals surface area contributed by atoms with Crippen molar-refractivity contribution in [3.8, 4) is 16.4 Å². The molecule has 0 fully saturated rings. The summed E-state index contributed by atoms with van der Waals surface area (Å²) < 4.78 is 2.54. The minimum atomic E-state index is -0.990. The highest BCUT2D eigenvalue weighted by atomic mass is 32.2. The Bertz CT molecular complexity index is 1450. The summed E-state index contributed by atoms with van der Waals surface area (Å²) in [5.41, 5.74) is 1.49. The van der Waals surface area contributed by atoms with Crippen molar-refractivity contribution in [2.75, 3.05) is 5.32 Å². The molecular formula is C23H15N5O3S3. The van der Waals surface area contributed by atoms with E-state index in [1.165, 1.54) is 34.4 Å². The van der Waals surface area contributed by atoms with Gasteiger partial charge in [0.2, 0.25) is 5.16 Å². The number of rotatable bonds is 7. The fourth-order valence-electron chi connectivity index (χ4n) is 3.10. The molecule has 3 heterocycles. The molecule has 34 heavy (non-hydrogen) atoms. The number of thiazole rings is 1. The molecule has 11 heteroatoms. The molecule has 0 aliphatic heterocycles. The Morgan fingerprint density at radius 3 is 2.44 bits per heavy atom. The second-order valence-corrected chi connectivity index (χ2v) is 10.1. The molecule has 168 valence electrons. The Balaban J connectivity index is 1.43. The van der Waals surface area contributed by atoms with Crippen LogP contribution >= 0.6 is 34.4 Å². The molecule has 1 amide bonds. The summed E-state index contributed by atoms with van der Waals surface area (Å²) in [6.07, 6.45) is 1.61. The number of carboxylic acid groups (broad SMARTS) is 1. The lowest BCUT2D eigenvalue weighted by Crippen LogP contribution is -2.10. The van der Waals surface area contributed by atoms with Gasteiger partial charge in [0.05, 0.1) is 16.6 Å². The van der Waals surface area contributed by atoms with Crippen LogP contribution in [0.5, 0.6) is 0 Å². The summed E-state index contributed by atoms with van der Waals surface area (Å²) in [6, 6.07) is 19.4. The Kier molecular flexibility index (Phi) is 6.21. The van der Waals surface area contributed by atoms with Crippen molar-refractivity contribution in [2.24, 2.45) is 0 Å². The van der Waals surface area contributed by atoms with Crippen LogP contribution in [0.25, 0.3) is 16.4 Å². The maximum atomic E-state index is 12.4. The number of aromatic carboxylic acids is 1. The highest BCUT2D eigenvalue weighted by Gasteiger charge is 2.19. The third-order valence-corrected chi connectivity index (χ3v) is 7.48. The lowest BCUT2D eigenvalue weighted by Gasteiger charge is -2.09. The molecule has 0 saturated carbocycles. The van der Waals surface area contributed by atoms with Gasteiger partial charge in [-0.05, 0) is 59.6 Å². The molecule has 2 aromatic carbocycles. The monoisotopic (exact) mass is 505 g/mol. The van der Waals surface area contributed by atoms with Crippen LogP contribution in [0.3, 0.4) is 0 Å². The molecule has 0 aliphatic carbocycles. The molecular weight excluding hydrogens is 490 g/mol. The second-order valence-electron chi connectivity index (χ2n) is 6.88. The number of thiophene rings is 1. The van der Waals surface area contributed by atoms with E-state index in [1.54, 1.807) is 42.6 Å². The van der Waals surface area contributed by atoms with Gasteiger partial charge in [-0.3, -0.25) is 9.36 Å². The molecule has 0 saturated heterocycles. The van der Waals surface area contributed by atoms with Gasteiger partial charge in [-0.25, -0.2) is 9.78 Å². The normalized spacial score (nSPS) is 10.8. The van der Waals surface area contributed by atoms with E-state index in [1.807, 2.05) is 40.3 Å². The number of amides is 1. The lowest BCUT2D eigenvalue weighted by atomic mass is 10.2. The molecule has 0 radical (unpaired) electrons. The van der Waals surface area contributed by atoms with E-state index < -0.39 is 5.97 Å². The summed E-state index contributed by atoms with van der Waals surface area (Å²) >= 11 is 4.18. The lowest BCUT2D eigenvalue weighted by molar-refractivity contribution is 0.0696. The van der Waals surface area contributed by atoms with Gasteiger partial charge >= 0.3 is 5.97 Å². The zero-order valence-electron chi connectivity index (χ0n) is 17.3. The Morgan fingerprint density at radius 1 is 0.941 bits per heavy atom. The third kappa shape index (κ3) is 4.62. The van der Waals surface area contributed by atoms with Gasteiger partial charge in [0.1, 0.15) is 5.00 Å². The molecule has 0 bridgehead atoms. The molecule has 8 nitrogen and oxygen atoms in total. The molecule has 0 atom stereocenters. The van der Waals surface area contributed by atoms with E-state index in [-0.39, 0.29) is 11.5 Å². The van der Waals surface area contributed by atoms with Crippen LogP contribution < -0.4 is 5.32 Å². The first-order valence-corrected chi connectivity index (χ1v) is 12.4. The van der Waals surface area contributed by atoms with Gasteiger partial charge in [-0.1, -0.05) is 35.6 Å². The van der Waals surface area contributed by atoms with Crippen LogP contribution in [-0.4, -0.2) is 36.7 Å². The SMILES string of the molecule is O=C(O)c1ccc(-n2c(Sc3ncc(NC(=O)c4ccccc4)s3)nnc2-c2cccs2)cc1. The van der Waals surface area contributed by atoms with Crippen LogP contribution in [0.1, 0.15) is 20.7 Å². The second kappa shape index (κ2) is 9.59. The van der Waals surface area contributed by atoms with E-state index >= 15 is 0 Å². The Labute approximate surface area is 206 Å². The fraction of sp³-hybridized carbons (Fsp3) is 0. The van der Waals surface area contributed by atoms with E-state index in [0.29, 0.717) is 25.9 Å². The van der Waals surface area contributed by atoms with Gasteiger partial charge in [-0.2, -0.15) is 0 Å². The van der Waals surface area contributed by atoms with Gasteiger partial charge in [0.25, 0.3) is 5.91 Å². The first kappa shape index (κ1) is 22.0. The topological polar surface area (TPSA) is 110 Å². The van der Waals surface area contributed by atoms with E-state index in [0.717, 1.165) is 10.6 Å². The minimum absolute atomic E-state index is 0.197. The highest BCUT2D eigenvalue weighted by molar-refractivity contribution is 8.01. The van der Waals surface area contributed by atoms with Gasteiger partial charge in [0.15, 0.2) is 10.2 Å². The maximum Gasteiger partial charge on any atom is 0.335 e. The highest BCUT2D eigenvalue weighted by Crippen LogP contribution is 2.36. The summed E-state index contributed by atoms with van der Waals surface area (Å²) in [7, 11) is 0. The van der Waals surface area contributed by atoms with Gasteiger partial charge in [-0.15, -0.1) is 21.5 Å². The zero-order chi connectivity index (χ0) is 23.5. The number of carboxylic acids is 1. The number of nitrogens with one attached hydrogen (secondary N) is 1. The van der Waals surface area contributed by atoms with Crippen LogP contribution in [0.4, 0.5) is 5.00 Å².